The Morgan fingerprint density at radius 3 is 2.27 bits per heavy atom. The van der Waals surface area contributed by atoms with Gasteiger partial charge in [-0.2, -0.15) is 0 Å². The van der Waals surface area contributed by atoms with Gasteiger partial charge in [-0.05, 0) is 51.9 Å². The highest BCUT2D eigenvalue weighted by molar-refractivity contribution is 7.27. The number of hydrogen-bond donors (Lipinski definition) is 0. The van der Waals surface area contributed by atoms with Gasteiger partial charge in [0.2, 0.25) is 0 Å². The van der Waals surface area contributed by atoms with Gasteiger partial charge >= 0.3 is 0 Å². The molecule has 4 heterocycles. The van der Waals surface area contributed by atoms with E-state index in [-0.39, 0.29) is 0 Å². The molecule has 4 heteroatoms. The summed E-state index contributed by atoms with van der Waals surface area (Å²) in [5.74, 6) is 0. The molecule has 0 spiro atoms. The van der Waals surface area contributed by atoms with Gasteiger partial charge in [-0.25, -0.2) is 0 Å². The number of hydrogen-bond acceptors (Lipinski definition) is 4. The summed E-state index contributed by atoms with van der Waals surface area (Å²) in [6, 6.07) is 15.7. The molecule has 0 fully saturated rings. The summed E-state index contributed by atoms with van der Waals surface area (Å²) in [6.07, 6.45) is 0. The number of benzene rings is 1. The minimum Gasteiger partial charge on any atom is -0.144 e. The first kappa shape index (κ1) is 13.0. The smallest absolute Gasteiger partial charge is 0.0541 e. The van der Waals surface area contributed by atoms with E-state index in [1.54, 1.807) is 0 Å². The Morgan fingerprint density at radius 1 is 0.682 bits per heavy atom. The zero-order chi connectivity index (χ0) is 14.5. The van der Waals surface area contributed by atoms with Crippen LogP contribution in [0.5, 0.6) is 0 Å². The average Bonchev–Trinajstić information content (AvgIpc) is 3.28. The van der Waals surface area contributed by atoms with Gasteiger partial charge in [0.25, 0.3) is 0 Å². The molecule has 5 rings (SSSR count). The summed E-state index contributed by atoms with van der Waals surface area (Å²) in [6.45, 7) is 0. The molecule has 0 saturated carbocycles. The van der Waals surface area contributed by atoms with E-state index in [4.69, 9.17) is 0 Å². The Labute approximate surface area is 143 Å². The summed E-state index contributed by atoms with van der Waals surface area (Å²) in [5, 5.41) is 9.26. The normalized spacial score (nSPS) is 11.6. The summed E-state index contributed by atoms with van der Waals surface area (Å²) in [7, 11) is 0. The molecule has 1 aromatic carbocycles. The van der Waals surface area contributed by atoms with Crippen molar-refractivity contribution in [3.8, 4) is 20.2 Å². The Balaban J connectivity index is 1.93. The third kappa shape index (κ3) is 1.92. The van der Waals surface area contributed by atoms with Gasteiger partial charge < -0.3 is 0 Å². The van der Waals surface area contributed by atoms with Crippen molar-refractivity contribution < 1.29 is 0 Å². The molecule has 0 nitrogen and oxygen atoms in total. The number of rotatable bonds is 2. The molecule has 0 bridgehead atoms. The van der Waals surface area contributed by atoms with E-state index < -0.39 is 0 Å². The highest BCUT2D eigenvalue weighted by Crippen LogP contribution is 2.48. The first-order valence-corrected chi connectivity index (χ1v) is 10.4. The first-order chi connectivity index (χ1) is 10.9. The predicted molar refractivity (Wildman–Crippen MR) is 104 cm³/mol. The lowest BCUT2D eigenvalue weighted by Crippen LogP contribution is -1.73. The van der Waals surface area contributed by atoms with E-state index in [0.29, 0.717) is 0 Å². The first-order valence-electron chi connectivity index (χ1n) is 6.92. The van der Waals surface area contributed by atoms with Crippen LogP contribution in [0.2, 0.25) is 0 Å². The molecule has 5 aromatic rings. The molecule has 0 saturated heterocycles. The summed E-state index contributed by atoms with van der Waals surface area (Å²) in [5.41, 5.74) is 1.41. The quantitative estimate of drug-likeness (QED) is 0.306. The van der Waals surface area contributed by atoms with Gasteiger partial charge in [0.15, 0.2) is 0 Å². The maximum atomic E-state index is 2.37. The van der Waals surface area contributed by atoms with E-state index in [1.165, 1.54) is 40.4 Å². The van der Waals surface area contributed by atoms with Gasteiger partial charge in [0.05, 0.1) is 4.88 Å². The molecular weight excluding hydrogens is 344 g/mol. The fourth-order valence-corrected chi connectivity index (χ4v) is 6.57. The van der Waals surface area contributed by atoms with Crippen LogP contribution in [0.4, 0.5) is 0 Å². The lowest BCUT2D eigenvalue weighted by atomic mass is 10.1. The van der Waals surface area contributed by atoms with Crippen LogP contribution in [-0.4, -0.2) is 0 Å². The fourth-order valence-electron chi connectivity index (χ4n) is 2.80. The summed E-state index contributed by atoms with van der Waals surface area (Å²) < 4.78 is 2.76. The van der Waals surface area contributed by atoms with Crippen molar-refractivity contribution in [2.24, 2.45) is 0 Å². The SMILES string of the molecule is c1csc(-c2sc3cc4ccsc4cc3c2-c2cccs2)c1. The molecule has 4 aromatic heterocycles. The summed E-state index contributed by atoms with van der Waals surface area (Å²) in [4.78, 5) is 4.14. The molecule has 106 valence electrons. The van der Waals surface area contributed by atoms with Gasteiger partial charge in [-0.15, -0.1) is 45.3 Å². The van der Waals surface area contributed by atoms with Crippen LogP contribution in [0, 0.1) is 0 Å². The van der Waals surface area contributed by atoms with Crippen molar-refractivity contribution >= 4 is 65.5 Å². The maximum Gasteiger partial charge on any atom is 0.0541 e. The number of fused-ring (bicyclic) bond motifs is 2. The van der Waals surface area contributed by atoms with Crippen LogP contribution in [0.1, 0.15) is 0 Å². The van der Waals surface area contributed by atoms with E-state index in [1.807, 2.05) is 45.3 Å². The van der Waals surface area contributed by atoms with Crippen molar-refractivity contribution in [2.45, 2.75) is 0 Å². The minimum atomic E-state index is 1.36. The molecule has 0 aliphatic rings. The van der Waals surface area contributed by atoms with Gasteiger partial charge in [-0.3, -0.25) is 0 Å². The molecule has 0 aliphatic heterocycles. The van der Waals surface area contributed by atoms with Crippen molar-refractivity contribution in [3.05, 3.63) is 58.6 Å². The van der Waals surface area contributed by atoms with E-state index in [0.717, 1.165) is 0 Å². The Morgan fingerprint density at radius 2 is 1.50 bits per heavy atom. The molecular formula is C18H10S4. The monoisotopic (exact) mass is 354 g/mol. The van der Waals surface area contributed by atoms with Gasteiger partial charge in [-0.1, -0.05) is 12.1 Å². The van der Waals surface area contributed by atoms with Crippen LogP contribution < -0.4 is 0 Å². The summed E-state index contributed by atoms with van der Waals surface area (Å²) >= 11 is 7.40. The lowest BCUT2D eigenvalue weighted by Gasteiger charge is -2.00. The fraction of sp³-hybridized carbons (Fsp3) is 0. The van der Waals surface area contributed by atoms with Crippen LogP contribution in [0.15, 0.2) is 58.6 Å². The van der Waals surface area contributed by atoms with Crippen LogP contribution in [0.3, 0.4) is 0 Å². The lowest BCUT2D eigenvalue weighted by molar-refractivity contribution is 1.90. The van der Waals surface area contributed by atoms with E-state index in [2.05, 4.69) is 58.6 Å². The third-order valence-corrected chi connectivity index (χ3v) is 7.74. The van der Waals surface area contributed by atoms with Crippen LogP contribution in [-0.2, 0) is 0 Å². The Kier molecular flexibility index (Phi) is 2.98. The highest BCUT2D eigenvalue weighted by Gasteiger charge is 2.17. The van der Waals surface area contributed by atoms with Crippen molar-refractivity contribution in [2.75, 3.05) is 0 Å². The van der Waals surface area contributed by atoms with Crippen molar-refractivity contribution in [1.82, 2.24) is 0 Å². The average molecular weight is 355 g/mol. The molecule has 0 amide bonds. The number of thiophene rings is 4. The molecule has 0 radical (unpaired) electrons. The van der Waals surface area contributed by atoms with Crippen molar-refractivity contribution in [1.29, 1.82) is 0 Å². The minimum absolute atomic E-state index is 1.36. The Bertz CT molecular complexity index is 1060. The van der Waals surface area contributed by atoms with Crippen LogP contribution in [0.25, 0.3) is 40.4 Å². The second-order valence-corrected chi connectivity index (χ2v) is 8.96. The standard InChI is InChI=1S/C18H10S4/c1-3-13(19-6-1)17-12-10-15-11(5-8-21-15)9-16(12)22-18(17)14-4-2-7-20-14/h1-10H. The van der Waals surface area contributed by atoms with E-state index >= 15 is 0 Å². The molecule has 0 unspecified atom stereocenters. The molecule has 0 N–H and O–H groups in total. The maximum absolute atomic E-state index is 2.37. The molecule has 22 heavy (non-hydrogen) atoms. The van der Waals surface area contributed by atoms with Crippen LogP contribution >= 0.6 is 45.3 Å². The largest absolute Gasteiger partial charge is 0.144 e. The second-order valence-electron chi connectivity index (χ2n) is 5.07. The second kappa shape index (κ2) is 5.03. The van der Waals surface area contributed by atoms with E-state index in [9.17, 15) is 0 Å². The molecule has 0 aliphatic carbocycles. The van der Waals surface area contributed by atoms with Gasteiger partial charge in [0.1, 0.15) is 0 Å². The topological polar surface area (TPSA) is 0 Å². The predicted octanol–water partition coefficient (Wildman–Crippen LogP) is 7.57. The Hall–Kier alpha value is -1.46. The zero-order valence-corrected chi connectivity index (χ0v) is 14.7. The molecule has 0 atom stereocenters. The zero-order valence-electron chi connectivity index (χ0n) is 11.4. The van der Waals surface area contributed by atoms with Crippen molar-refractivity contribution in [3.63, 3.8) is 0 Å². The highest BCUT2D eigenvalue weighted by atomic mass is 32.1. The van der Waals surface area contributed by atoms with Gasteiger partial charge in [0, 0.05) is 30.1 Å². The third-order valence-electron chi connectivity index (χ3n) is 3.78.